The third-order valence-corrected chi connectivity index (χ3v) is 4.85. The average molecular weight is 394 g/mol. The first-order valence-electron chi connectivity index (χ1n) is 9.91. The average Bonchev–Trinajstić information content (AvgIpc) is 2.96. The number of carbonyl (C=O) groups is 3. The third-order valence-electron chi connectivity index (χ3n) is 4.85. The fourth-order valence-electron chi connectivity index (χ4n) is 3.25. The Labute approximate surface area is 170 Å². The predicted octanol–water partition coefficient (Wildman–Crippen LogP) is 2.75. The second kappa shape index (κ2) is 9.98. The van der Waals surface area contributed by atoms with Crippen LogP contribution in [0.4, 0.5) is 0 Å². The maximum Gasteiger partial charge on any atom is 0.261 e. The van der Waals surface area contributed by atoms with E-state index in [0.717, 1.165) is 16.9 Å². The maximum absolute atomic E-state index is 12.4. The highest BCUT2D eigenvalue weighted by Crippen LogP contribution is 2.23. The van der Waals surface area contributed by atoms with E-state index in [2.05, 4.69) is 17.4 Å². The van der Waals surface area contributed by atoms with E-state index in [1.54, 1.807) is 12.1 Å². The fraction of sp³-hybridized carbons (Fsp3) is 0.348. The molecule has 0 atom stereocenters. The Kier molecular flexibility index (Phi) is 7.14. The number of amides is 3. The van der Waals surface area contributed by atoms with E-state index in [4.69, 9.17) is 4.74 Å². The number of aryl methyl sites for hydroxylation is 1. The molecule has 0 unspecified atom stereocenters. The maximum atomic E-state index is 12.4. The summed E-state index contributed by atoms with van der Waals surface area (Å²) < 4.78 is 5.59. The minimum atomic E-state index is -0.329. The molecule has 29 heavy (non-hydrogen) atoms. The summed E-state index contributed by atoms with van der Waals surface area (Å²) >= 11 is 0. The molecule has 3 amide bonds. The van der Waals surface area contributed by atoms with Crippen LogP contribution in [0.2, 0.25) is 0 Å². The van der Waals surface area contributed by atoms with Crippen LogP contribution in [0.25, 0.3) is 0 Å². The van der Waals surface area contributed by atoms with Crippen LogP contribution in [-0.2, 0) is 16.0 Å². The lowest BCUT2D eigenvalue weighted by Gasteiger charge is -2.13. The zero-order chi connectivity index (χ0) is 20.6. The van der Waals surface area contributed by atoms with E-state index < -0.39 is 0 Å². The number of imide groups is 1. The molecule has 0 bridgehead atoms. The summed E-state index contributed by atoms with van der Waals surface area (Å²) in [7, 11) is 0. The number of fused-ring (bicyclic) bond motifs is 1. The third kappa shape index (κ3) is 5.51. The molecule has 1 aliphatic rings. The van der Waals surface area contributed by atoms with Crippen LogP contribution in [-0.4, -0.2) is 48.9 Å². The van der Waals surface area contributed by atoms with Crippen molar-refractivity contribution >= 4 is 17.7 Å². The molecule has 0 aromatic heterocycles. The van der Waals surface area contributed by atoms with Crippen molar-refractivity contribution in [2.24, 2.45) is 0 Å². The minimum absolute atomic E-state index is 0.0881. The summed E-state index contributed by atoms with van der Waals surface area (Å²) in [5.41, 5.74) is 3.00. The molecule has 1 N–H and O–H groups in total. The van der Waals surface area contributed by atoms with Crippen LogP contribution in [0, 0.1) is 6.92 Å². The molecule has 2 aromatic carbocycles. The van der Waals surface area contributed by atoms with E-state index in [-0.39, 0.29) is 30.7 Å². The molecule has 6 heteroatoms. The molecule has 0 aliphatic carbocycles. The second-order valence-corrected chi connectivity index (χ2v) is 7.11. The molecule has 0 saturated heterocycles. The second-order valence-electron chi connectivity index (χ2n) is 7.11. The standard InChI is InChI=1S/C23H26N2O4/c1-17-8-9-19-20(16-17)23(28)25(22(19)27)13-10-21(26)24-12-5-14-29-15-11-18-6-3-2-4-7-18/h2-4,6-9,16H,5,10-15H2,1H3,(H,24,26). The number of hydrogen-bond donors (Lipinski definition) is 1. The van der Waals surface area contributed by atoms with E-state index in [9.17, 15) is 14.4 Å². The Hall–Kier alpha value is -2.99. The van der Waals surface area contributed by atoms with Gasteiger partial charge in [0.25, 0.3) is 11.8 Å². The van der Waals surface area contributed by atoms with Crippen molar-refractivity contribution in [3.05, 3.63) is 70.8 Å². The monoisotopic (exact) mass is 394 g/mol. The van der Waals surface area contributed by atoms with Crippen LogP contribution < -0.4 is 5.32 Å². The van der Waals surface area contributed by atoms with E-state index in [1.807, 2.05) is 31.2 Å². The van der Waals surface area contributed by atoms with E-state index in [1.165, 1.54) is 5.56 Å². The molecular weight excluding hydrogens is 368 g/mol. The number of nitrogens with zero attached hydrogens (tertiary/aromatic N) is 1. The summed E-state index contributed by atoms with van der Waals surface area (Å²) in [5, 5.41) is 2.81. The highest BCUT2D eigenvalue weighted by atomic mass is 16.5. The first kappa shape index (κ1) is 20.7. The summed E-state index contributed by atoms with van der Waals surface area (Å²) in [6.45, 7) is 3.69. The smallest absolute Gasteiger partial charge is 0.261 e. The molecule has 3 rings (SSSR count). The van der Waals surface area contributed by atoms with Gasteiger partial charge in [-0.2, -0.15) is 0 Å². The van der Waals surface area contributed by atoms with Crippen LogP contribution >= 0.6 is 0 Å². The molecule has 0 saturated carbocycles. The van der Waals surface area contributed by atoms with Crippen LogP contribution in [0.1, 0.15) is 44.7 Å². The van der Waals surface area contributed by atoms with Crippen molar-refractivity contribution in [2.75, 3.05) is 26.3 Å². The van der Waals surface area contributed by atoms with Gasteiger partial charge >= 0.3 is 0 Å². The van der Waals surface area contributed by atoms with Crippen molar-refractivity contribution in [2.45, 2.75) is 26.2 Å². The summed E-state index contributed by atoms with van der Waals surface area (Å²) in [4.78, 5) is 37.9. The molecule has 0 fully saturated rings. The van der Waals surface area contributed by atoms with Crippen LogP contribution in [0.5, 0.6) is 0 Å². The van der Waals surface area contributed by atoms with E-state index >= 15 is 0 Å². The van der Waals surface area contributed by atoms with Gasteiger partial charge in [0.2, 0.25) is 5.91 Å². The lowest BCUT2D eigenvalue weighted by atomic mass is 10.1. The predicted molar refractivity (Wildman–Crippen MR) is 110 cm³/mol. The summed E-state index contributed by atoms with van der Waals surface area (Å²) in [5.74, 6) is -0.833. The Bertz CT molecular complexity index is 880. The quantitative estimate of drug-likeness (QED) is 0.497. The van der Waals surface area contributed by atoms with Gasteiger partial charge in [0, 0.05) is 26.1 Å². The van der Waals surface area contributed by atoms with Crippen LogP contribution in [0.15, 0.2) is 48.5 Å². The molecule has 0 radical (unpaired) electrons. The first-order chi connectivity index (χ1) is 14.1. The highest BCUT2D eigenvalue weighted by Gasteiger charge is 2.35. The van der Waals surface area contributed by atoms with Gasteiger partial charge in [-0.3, -0.25) is 19.3 Å². The number of nitrogens with one attached hydrogen (secondary N) is 1. The Balaban J connectivity index is 1.30. The lowest BCUT2D eigenvalue weighted by molar-refractivity contribution is -0.121. The lowest BCUT2D eigenvalue weighted by Crippen LogP contribution is -2.35. The topological polar surface area (TPSA) is 75.7 Å². The van der Waals surface area contributed by atoms with Crippen molar-refractivity contribution in [3.63, 3.8) is 0 Å². The molecule has 1 aliphatic heterocycles. The largest absolute Gasteiger partial charge is 0.381 e. The molecule has 0 spiro atoms. The van der Waals surface area contributed by atoms with Crippen molar-refractivity contribution in [1.82, 2.24) is 10.2 Å². The summed E-state index contributed by atoms with van der Waals surface area (Å²) in [6, 6.07) is 15.3. The molecule has 1 heterocycles. The van der Waals surface area contributed by atoms with Gasteiger partial charge in [-0.15, -0.1) is 0 Å². The fourth-order valence-corrected chi connectivity index (χ4v) is 3.25. The Morgan fingerprint density at radius 1 is 1.00 bits per heavy atom. The van der Waals surface area contributed by atoms with Gasteiger partial charge in [-0.1, -0.05) is 42.0 Å². The number of carbonyl (C=O) groups excluding carboxylic acids is 3. The zero-order valence-corrected chi connectivity index (χ0v) is 16.6. The van der Waals surface area contributed by atoms with Crippen molar-refractivity contribution in [1.29, 1.82) is 0 Å². The number of hydrogen-bond acceptors (Lipinski definition) is 4. The first-order valence-corrected chi connectivity index (χ1v) is 9.91. The molecule has 2 aromatic rings. The Morgan fingerprint density at radius 3 is 2.55 bits per heavy atom. The van der Waals surface area contributed by atoms with Gasteiger partial charge in [0.05, 0.1) is 17.7 Å². The minimum Gasteiger partial charge on any atom is -0.381 e. The van der Waals surface area contributed by atoms with Crippen molar-refractivity contribution < 1.29 is 19.1 Å². The van der Waals surface area contributed by atoms with Crippen molar-refractivity contribution in [3.8, 4) is 0 Å². The number of ether oxygens (including phenoxy) is 1. The Morgan fingerprint density at radius 2 is 1.76 bits per heavy atom. The van der Waals surface area contributed by atoms with Gasteiger partial charge < -0.3 is 10.1 Å². The molecule has 6 nitrogen and oxygen atoms in total. The van der Waals surface area contributed by atoms with Gasteiger partial charge in [-0.25, -0.2) is 0 Å². The molecule has 152 valence electrons. The van der Waals surface area contributed by atoms with Gasteiger partial charge in [-0.05, 0) is 37.5 Å². The van der Waals surface area contributed by atoms with E-state index in [0.29, 0.717) is 37.3 Å². The SMILES string of the molecule is Cc1ccc2c(c1)C(=O)N(CCC(=O)NCCCOCCc1ccccc1)C2=O. The normalized spacial score (nSPS) is 12.9. The number of benzene rings is 2. The molecular formula is C23H26N2O4. The number of rotatable bonds is 10. The highest BCUT2D eigenvalue weighted by molar-refractivity contribution is 6.21. The van der Waals surface area contributed by atoms with Crippen LogP contribution in [0.3, 0.4) is 0 Å². The van der Waals surface area contributed by atoms with Gasteiger partial charge in [0.15, 0.2) is 0 Å². The zero-order valence-electron chi connectivity index (χ0n) is 16.6. The summed E-state index contributed by atoms with van der Waals surface area (Å²) in [6.07, 6.45) is 1.68. The van der Waals surface area contributed by atoms with Gasteiger partial charge in [0.1, 0.15) is 0 Å².